The fourth-order valence-corrected chi connectivity index (χ4v) is 1.44. The number of amides is 1. The molecule has 2 N–H and O–H groups in total. The van der Waals surface area contributed by atoms with Gasteiger partial charge in [-0.05, 0) is 18.9 Å². The zero-order valence-electron chi connectivity index (χ0n) is 9.85. The molecule has 0 aliphatic rings. The summed E-state index contributed by atoms with van der Waals surface area (Å²) in [6.45, 7) is 0.413. The third-order valence-corrected chi connectivity index (χ3v) is 2.42. The highest BCUT2D eigenvalue weighted by Gasteiger charge is 2.04. The van der Waals surface area contributed by atoms with E-state index in [0.717, 1.165) is 5.69 Å². The Hall–Kier alpha value is -1.85. The number of nitrogens with one attached hydrogen (secondary N) is 1. The van der Waals surface area contributed by atoms with Crippen LogP contribution in [0, 0.1) is 0 Å². The van der Waals surface area contributed by atoms with Crippen molar-refractivity contribution in [3.05, 3.63) is 18.0 Å². The van der Waals surface area contributed by atoms with Gasteiger partial charge in [-0.2, -0.15) is 5.10 Å². The quantitative estimate of drug-likeness (QED) is 0.672. The average molecular weight is 239 g/mol. The van der Waals surface area contributed by atoms with Gasteiger partial charge in [0.15, 0.2) is 0 Å². The minimum Gasteiger partial charge on any atom is -0.481 e. The van der Waals surface area contributed by atoms with Gasteiger partial charge in [0.25, 0.3) is 0 Å². The standard InChI is InChI=1S/C11H17N3O3/c1-14-9(6-8-13-14)4-5-10(15)12-7-2-3-11(16)17/h6,8H,2-5,7H2,1H3,(H,12,15)(H,16,17). The minimum absolute atomic E-state index is 0.0587. The average Bonchev–Trinajstić information content (AvgIpc) is 2.67. The number of carbonyl (C=O) groups excluding carboxylic acids is 1. The highest BCUT2D eigenvalue weighted by Crippen LogP contribution is 2.00. The highest BCUT2D eigenvalue weighted by atomic mass is 16.4. The molecule has 0 bridgehead atoms. The van der Waals surface area contributed by atoms with Crippen LogP contribution in [0.1, 0.15) is 25.0 Å². The lowest BCUT2D eigenvalue weighted by Crippen LogP contribution is -2.25. The molecule has 6 heteroatoms. The molecular weight excluding hydrogens is 222 g/mol. The van der Waals surface area contributed by atoms with E-state index in [-0.39, 0.29) is 12.3 Å². The van der Waals surface area contributed by atoms with Crippen LogP contribution in [0.25, 0.3) is 0 Å². The van der Waals surface area contributed by atoms with Crippen molar-refractivity contribution in [2.24, 2.45) is 7.05 Å². The number of nitrogens with zero attached hydrogens (tertiary/aromatic N) is 2. The van der Waals surface area contributed by atoms with Gasteiger partial charge >= 0.3 is 5.97 Å². The first kappa shape index (κ1) is 13.2. The largest absolute Gasteiger partial charge is 0.481 e. The minimum atomic E-state index is -0.839. The van der Waals surface area contributed by atoms with E-state index in [1.165, 1.54) is 0 Å². The fourth-order valence-electron chi connectivity index (χ4n) is 1.44. The van der Waals surface area contributed by atoms with Crippen LogP contribution in [0.3, 0.4) is 0 Å². The van der Waals surface area contributed by atoms with E-state index in [1.807, 2.05) is 13.1 Å². The maximum Gasteiger partial charge on any atom is 0.303 e. The van der Waals surface area contributed by atoms with Crippen molar-refractivity contribution in [1.29, 1.82) is 0 Å². The van der Waals surface area contributed by atoms with Crippen LogP contribution in [0.4, 0.5) is 0 Å². The topological polar surface area (TPSA) is 84.2 Å². The van der Waals surface area contributed by atoms with E-state index in [1.54, 1.807) is 10.9 Å². The normalized spacial score (nSPS) is 10.2. The first-order valence-electron chi connectivity index (χ1n) is 5.55. The molecule has 17 heavy (non-hydrogen) atoms. The van der Waals surface area contributed by atoms with Crippen LogP contribution < -0.4 is 5.32 Å². The number of carboxylic acid groups (broad SMARTS) is 1. The van der Waals surface area contributed by atoms with Gasteiger partial charge in [0.05, 0.1) is 0 Å². The van der Waals surface area contributed by atoms with Gasteiger partial charge < -0.3 is 10.4 Å². The molecule has 1 aromatic heterocycles. The molecule has 94 valence electrons. The van der Waals surface area contributed by atoms with Gasteiger partial charge in [-0.1, -0.05) is 0 Å². The summed E-state index contributed by atoms with van der Waals surface area (Å²) < 4.78 is 1.73. The first-order valence-corrected chi connectivity index (χ1v) is 5.55. The van der Waals surface area contributed by atoms with E-state index in [9.17, 15) is 9.59 Å². The van der Waals surface area contributed by atoms with Crippen LogP contribution in [0.2, 0.25) is 0 Å². The van der Waals surface area contributed by atoms with Crippen molar-refractivity contribution in [3.63, 3.8) is 0 Å². The van der Waals surface area contributed by atoms with Gasteiger partial charge in [-0.25, -0.2) is 0 Å². The van der Waals surface area contributed by atoms with Crippen molar-refractivity contribution in [2.75, 3.05) is 6.54 Å². The summed E-state index contributed by atoms with van der Waals surface area (Å²) in [5.41, 5.74) is 1.01. The lowest BCUT2D eigenvalue weighted by Gasteiger charge is -2.04. The second kappa shape index (κ2) is 6.67. The molecule has 1 aromatic rings. The Morgan fingerprint density at radius 2 is 2.24 bits per heavy atom. The molecule has 0 radical (unpaired) electrons. The molecule has 6 nitrogen and oxygen atoms in total. The second-order valence-corrected chi connectivity index (χ2v) is 3.79. The van der Waals surface area contributed by atoms with Gasteiger partial charge in [-0.15, -0.1) is 0 Å². The summed E-state index contributed by atoms with van der Waals surface area (Å²) in [5.74, 6) is -0.897. The third kappa shape index (κ3) is 5.14. The fraction of sp³-hybridized carbons (Fsp3) is 0.545. The Bertz CT molecular complexity index is 387. The van der Waals surface area contributed by atoms with Crippen LogP contribution >= 0.6 is 0 Å². The van der Waals surface area contributed by atoms with Crippen molar-refractivity contribution in [1.82, 2.24) is 15.1 Å². The van der Waals surface area contributed by atoms with Crippen LogP contribution in [-0.4, -0.2) is 33.3 Å². The first-order chi connectivity index (χ1) is 8.09. The molecule has 0 spiro atoms. The second-order valence-electron chi connectivity index (χ2n) is 3.79. The van der Waals surface area contributed by atoms with E-state index in [0.29, 0.717) is 25.8 Å². The van der Waals surface area contributed by atoms with Gasteiger partial charge in [0.1, 0.15) is 0 Å². The zero-order chi connectivity index (χ0) is 12.7. The van der Waals surface area contributed by atoms with Crippen molar-refractivity contribution in [3.8, 4) is 0 Å². The molecular formula is C11H17N3O3. The summed E-state index contributed by atoms with van der Waals surface area (Å²) in [4.78, 5) is 21.6. The number of rotatable bonds is 7. The predicted molar refractivity (Wildman–Crippen MR) is 61.4 cm³/mol. The summed E-state index contributed by atoms with van der Waals surface area (Å²) in [7, 11) is 1.83. The van der Waals surface area contributed by atoms with Crippen molar-refractivity contribution < 1.29 is 14.7 Å². The maximum atomic E-state index is 11.4. The number of aromatic nitrogens is 2. The maximum absolute atomic E-state index is 11.4. The number of aliphatic carboxylic acids is 1. The molecule has 0 saturated heterocycles. The van der Waals surface area contributed by atoms with E-state index < -0.39 is 5.97 Å². The molecule has 0 saturated carbocycles. The Labute approximate surface area is 99.6 Å². The Morgan fingerprint density at radius 1 is 1.47 bits per heavy atom. The summed E-state index contributed by atoms with van der Waals surface area (Å²) in [5, 5.41) is 15.1. The molecule has 0 aliphatic carbocycles. The van der Waals surface area contributed by atoms with E-state index >= 15 is 0 Å². The predicted octanol–water partition coefficient (Wildman–Crippen LogP) is 0.334. The SMILES string of the molecule is Cn1nccc1CCC(=O)NCCCC(=O)O. The Morgan fingerprint density at radius 3 is 2.82 bits per heavy atom. The smallest absolute Gasteiger partial charge is 0.303 e. The Kier molecular flexibility index (Phi) is 5.19. The van der Waals surface area contributed by atoms with Crippen molar-refractivity contribution in [2.45, 2.75) is 25.7 Å². The lowest BCUT2D eigenvalue weighted by atomic mass is 10.2. The number of carboxylic acids is 1. The summed E-state index contributed by atoms with van der Waals surface area (Å²) >= 11 is 0. The summed E-state index contributed by atoms with van der Waals surface area (Å²) in [6.07, 6.45) is 3.28. The van der Waals surface area contributed by atoms with Crippen LogP contribution in [0.15, 0.2) is 12.3 Å². The van der Waals surface area contributed by atoms with Gasteiger partial charge in [0, 0.05) is 38.3 Å². The molecule has 1 heterocycles. The van der Waals surface area contributed by atoms with Crippen molar-refractivity contribution >= 4 is 11.9 Å². The number of hydrogen-bond acceptors (Lipinski definition) is 3. The Balaban J connectivity index is 2.13. The lowest BCUT2D eigenvalue weighted by molar-refractivity contribution is -0.137. The molecule has 1 rings (SSSR count). The third-order valence-electron chi connectivity index (χ3n) is 2.42. The van der Waals surface area contributed by atoms with Crippen LogP contribution in [-0.2, 0) is 23.1 Å². The molecule has 0 unspecified atom stereocenters. The van der Waals surface area contributed by atoms with Gasteiger partial charge in [0.2, 0.25) is 5.91 Å². The molecule has 0 atom stereocenters. The van der Waals surface area contributed by atoms with E-state index in [2.05, 4.69) is 10.4 Å². The summed E-state index contributed by atoms with van der Waals surface area (Å²) in [6, 6.07) is 1.87. The molecule has 1 amide bonds. The number of hydrogen-bond donors (Lipinski definition) is 2. The van der Waals surface area contributed by atoms with Gasteiger partial charge in [-0.3, -0.25) is 14.3 Å². The highest BCUT2D eigenvalue weighted by molar-refractivity contribution is 5.76. The number of carbonyl (C=O) groups is 2. The monoisotopic (exact) mass is 239 g/mol. The van der Waals surface area contributed by atoms with E-state index in [4.69, 9.17) is 5.11 Å². The molecule has 0 aliphatic heterocycles. The molecule has 0 aromatic carbocycles. The van der Waals surface area contributed by atoms with Crippen LogP contribution in [0.5, 0.6) is 0 Å². The molecule has 0 fully saturated rings. The zero-order valence-corrected chi connectivity index (χ0v) is 9.85. The number of aryl methyl sites for hydroxylation is 2.